The van der Waals surface area contributed by atoms with E-state index in [4.69, 9.17) is 11.6 Å². The summed E-state index contributed by atoms with van der Waals surface area (Å²) in [6.45, 7) is 6.95. The van der Waals surface area contributed by atoms with E-state index in [1.54, 1.807) is 11.3 Å². The van der Waals surface area contributed by atoms with Gasteiger partial charge >= 0.3 is 0 Å². The fourth-order valence-corrected chi connectivity index (χ4v) is 4.01. The van der Waals surface area contributed by atoms with Crippen molar-refractivity contribution in [3.05, 3.63) is 21.3 Å². The Morgan fingerprint density at radius 3 is 2.82 bits per heavy atom. The topological polar surface area (TPSA) is 12.0 Å². The average molecular weight is 272 g/mol. The molecule has 2 rings (SSSR count). The van der Waals surface area contributed by atoms with Crippen molar-refractivity contribution >= 4 is 22.9 Å². The Labute approximate surface area is 114 Å². The van der Waals surface area contributed by atoms with Crippen LogP contribution >= 0.6 is 22.9 Å². The summed E-state index contributed by atoms with van der Waals surface area (Å²) in [6, 6.07) is 3.18. The fraction of sp³-hybridized carbons (Fsp3) is 0.714. The standard InChI is InChI=1S/C14H22ClNS/c1-4-11-5-6-13(9(11)2)16-10(3)12-7-14(15)17-8-12/h7-11,13,16H,4-6H2,1-3H3. The first-order valence-corrected chi connectivity index (χ1v) is 7.87. The predicted octanol–water partition coefficient (Wildman–Crippen LogP) is 4.88. The maximum Gasteiger partial charge on any atom is 0.0931 e. The summed E-state index contributed by atoms with van der Waals surface area (Å²) in [7, 11) is 0. The molecule has 0 spiro atoms. The predicted molar refractivity (Wildman–Crippen MR) is 76.8 cm³/mol. The number of rotatable bonds is 4. The van der Waals surface area contributed by atoms with E-state index in [9.17, 15) is 0 Å². The van der Waals surface area contributed by atoms with E-state index in [1.807, 2.05) is 0 Å². The average Bonchev–Trinajstić information content (AvgIpc) is 2.87. The number of hydrogen-bond donors (Lipinski definition) is 1. The lowest BCUT2D eigenvalue weighted by atomic mass is 9.93. The maximum absolute atomic E-state index is 5.99. The molecule has 1 saturated carbocycles. The van der Waals surface area contributed by atoms with Crippen molar-refractivity contribution in [2.45, 2.75) is 52.1 Å². The van der Waals surface area contributed by atoms with Gasteiger partial charge in [-0.05, 0) is 48.6 Å². The Kier molecular flexibility index (Phi) is 4.51. The van der Waals surface area contributed by atoms with Crippen molar-refractivity contribution < 1.29 is 0 Å². The monoisotopic (exact) mass is 271 g/mol. The molecule has 1 aliphatic rings. The molecule has 0 aromatic carbocycles. The molecule has 4 unspecified atom stereocenters. The van der Waals surface area contributed by atoms with Crippen molar-refractivity contribution in [3.63, 3.8) is 0 Å². The van der Waals surface area contributed by atoms with Crippen LogP contribution in [0.15, 0.2) is 11.4 Å². The van der Waals surface area contributed by atoms with E-state index >= 15 is 0 Å². The molecular formula is C14H22ClNS. The van der Waals surface area contributed by atoms with Crippen molar-refractivity contribution in [2.75, 3.05) is 0 Å². The van der Waals surface area contributed by atoms with Crippen LogP contribution in [-0.4, -0.2) is 6.04 Å². The van der Waals surface area contributed by atoms with Gasteiger partial charge in [0.25, 0.3) is 0 Å². The number of nitrogens with one attached hydrogen (secondary N) is 1. The minimum atomic E-state index is 0.418. The molecule has 4 atom stereocenters. The van der Waals surface area contributed by atoms with E-state index in [0.717, 1.165) is 16.2 Å². The van der Waals surface area contributed by atoms with E-state index in [1.165, 1.54) is 24.8 Å². The fourth-order valence-electron chi connectivity index (χ4n) is 3.03. The Bertz CT molecular complexity index is 363. The minimum Gasteiger partial charge on any atom is -0.307 e. The third-order valence-corrected chi connectivity index (χ3v) is 5.41. The van der Waals surface area contributed by atoms with Gasteiger partial charge in [0, 0.05) is 12.1 Å². The highest BCUT2D eigenvalue weighted by Crippen LogP contribution is 2.35. The van der Waals surface area contributed by atoms with Gasteiger partial charge in [0.1, 0.15) is 0 Å². The molecule has 1 aromatic rings. The summed E-state index contributed by atoms with van der Waals surface area (Å²) in [4.78, 5) is 0. The van der Waals surface area contributed by atoms with Crippen molar-refractivity contribution in [3.8, 4) is 0 Å². The van der Waals surface area contributed by atoms with Gasteiger partial charge in [-0.3, -0.25) is 0 Å². The van der Waals surface area contributed by atoms with Gasteiger partial charge < -0.3 is 5.32 Å². The van der Waals surface area contributed by atoms with Gasteiger partial charge in [0.05, 0.1) is 4.34 Å². The molecule has 96 valence electrons. The molecule has 0 amide bonds. The Morgan fingerprint density at radius 1 is 1.53 bits per heavy atom. The summed E-state index contributed by atoms with van der Waals surface area (Å²) in [6.07, 6.45) is 4.02. The smallest absolute Gasteiger partial charge is 0.0931 e. The van der Waals surface area contributed by atoms with Crippen LogP contribution < -0.4 is 5.32 Å². The largest absolute Gasteiger partial charge is 0.307 e. The zero-order valence-electron chi connectivity index (χ0n) is 10.9. The lowest BCUT2D eigenvalue weighted by Crippen LogP contribution is -2.34. The number of thiophene rings is 1. The summed E-state index contributed by atoms with van der Waals surface area (Å²) < 4.78 is 0.888. The van der Waals surface area contributed by atoms with Gasteiger partial charge in [-0.25, -0.2) is 0 Å². The quantitative estimate of drug-likeness (QED) is 0.823. The highest BCUT2D eigenvalue weighted by atomic mass is 35.5. The molecule has 0 saturated heterocycles. The van der Waals surface area contributed by atoms with Crippen molar-refractivity contribution in [1.82, 2.24) is 5.32 Å². The van der Waals surface area contributed by atoms with E-state index in [2.05, 4.69) is 37.5 Å². The highest BCUT2D eigenvalue weighted by Gasteiger charge is 2.32. The molecule has 0 aliphatic heterocycles. The van der Waals surface area contributed by atoms with Gasteiger partial charge in [-0.1, -0.05) is 31.9 Å². The van der Waals surface area contributed by atoms with E-state index < -0.39 is 0 Å². The lowest BCUT2D eigenvalue weighted by molar-refractivity contribution is 0.327. The third kappa shape index (κ3) is 3.04. The molecule has 1 N–H and O–H groups in total. The zero-order valence-corrected chi connectivity index (χ0v) is 12.4. The molecule has 0 radical (unpaired) electrons. The molecule has 1 fully saturated rings. The van der Waals surface area contributed by atoms with Gasteiger partial charge in [0.15, 0.2) is 0 Å². The van der Waals surface area contributed by atoms with Gasteiger partial charge in [0.2, 0.25) is 0 Å². The molecule has 17 heavy (non-hydrogen) atoms. The van der Waals surface area contributed by atoms with Crippen LogP contribution in [0.4, 0.5) is 0 Å². The van der Waals surface area contributed by atoms with E-state index in [0.29, 0.717) is 12.1 Å². The van der Waals surface area contributed by atoms with Crippen LogP contribution in [0.2, 0.25) is 4.34 Å². The Hall–Kier alpha value is -0.0500. The first-order valence-electron chi connectivity index (χ1n) is 6.61. The molecule has 1 aromatic heterocycles. The molecule has 1 nitrogen and oxygen atoms in total. The lowest BCUT2D eigenvalue weighted by Gasteiger charge is -2.24. The van der Waals surface area contributed by atoms with Gasteiger partial charge in [-0.2, -0.15) is 0 Å². The van der Waals surface area contributed by atoms with E-state index in [-0.39, 0.29) is 0 Å². The van der Waals surface area contributed by atoms with Crippen LogP contribution in [0.5, 0.6) is 0 Å². The molecule has 0 bridgehead atoms. The molecule has 1 aliphatic carbocycles. The second-order valence-electron chi connectivity index (χ2n) is 5.28. The van der Waals surface area contributed by atoms with Crippen LogP contribution in [0.1, 0.15) is 51.6 Å². The highest BCUT2D eigenvalue weighted by molar-refractivity contribution is 7.14. The normalized spacial score (nSPS) is 30.7. The zero-order chi connectivity index (χ0) is 12.4. The molecular weight excluding hydrogens is 250 g/mol. The summed E-state index contributed by atoms with van der Waals surface area (Å²) in [5.41, 5.74) is 1.33. The SMILES string of the molecule is CCC1CCC(NC(C)c2csc(Cl)c2)C1C. The Morgan fingerprint density at radius 2 is 2.29 bits per heavy atom. The van der Waals surface area contributed by atoms with Crippen LogP contribution in [0.3, 0.4) is 0 Å². The Balaban J connectivity index is 1.93. The first kappa shape index (κ1) is 13.4. The minimum absolute atomic E-state index is 0.418. The number of halogens is 1. The number of hydrogen-bond acceptors (Lipinski definition) is 2. The van der Waals surface area contributed by atoms with Crippen molar-refractivity contribution in [1.29, 1.82) is 0 Å². The molecule has 1 heterocycles. The second-order valence-corrected chi connectivity index (χ2v) is 6.83. The van der Waals surface area contributed by atoms with Crippen molar-refractivity contribution in [2.24, 2.45) is 11.8 Å². The van der Waals surface area contributed by atoms with Crippen LogP contribution in [0, 0.1) is 11.8 Å². The third-order valence-electron chi connectivity index (χ3n) is 4.30. The summed E-state index contributed by atoms with van der Waals surface area (Å²) in [5, 5.41) is 5.93. The van der Waals surface area contributed by atoms with Crippen LogP contribution in [0.25, 0.3) is 0 Å². The summed E-state index contributed by atoms with van der Waals surface area (Å²) in [5.74, 6) is 1.71. The first-order chi connectivity index (χ1) is 8.11. The van der Waals surface area contributed by atoms with Crippen LogP contribution in [-0.2, 0) is 0 Å². The second kappa shape index (κ2) is 5.73. The molecule has 3 heteroatoms. The maximum atomic E-state index is 5.99. The summed E-state index contributed by atoms with van der Waals surface area (Å²) >= 11 is 7.61. The van der Waals surface area contributed by atoms with Gasteiger partial charge in [-0.15, -0.1) is 11.3 Å².